The van der Waals surface area contributed by atoms with E-state index in [9.17, 15) is 4.39 Å². The summed E-state index contributed by atoms with van der Waals surface area (Å²) in [6.07, 6.45) is 0. The summed E-state index contributed by atoms with van der Waals surface area (Å²) in [4.78, 5) is 2.39. The predicted molar refractivity (Wildman–Crippen MR) is 73.1 cm³/mol. The van der Waals surface area contributed by atoms with Gasteiger partial charge in [0, 0.05) is 37.7 Å². The Morgan fingerprint density at radius 3 is 2.82 bits per heavy atom. The number of anilines is 2. The van der Waals surface area contributed by atoms with Gasteiger partial charge in [-0.3, -0.25) is 4.90 Å². The Morgan fingerprint density at radius 1 is 1.35 bits per heavy atom. The molecule has 0 amide bonds. The SMILES string of the molecule is Nc1cccc(F)c1NCCN1CCSCC1. The highest BCUT2D eigenvalue weighted by atomic mass is 32.2. The second kappa shape index (κ2) is 6.12. The van der Waals surface area contributed by atoms with Gasteiger partial charge in [0.1, 0.15) is 5.82 Å². The Morgan fingerprint density at radius 2 is 2.12 bits per heavy atom. The number of rotatable bonds is 4. The van der Waals surface area contributed by atoms with Crippen LogP contribution in [0, 0.1) is 5.82 Å². The zero-order chi connectivity index (χ0) is 12.1. The van der Waals surface area contributed by atoms with E-state index in [0.29, 0.717) is 11.4 Å². The number of halogens is 1. The first-order valence-electron chi connectivity index (χ1n) is 5.85. The first-order valence-corrected chi connectivity index (χ1v) is 7.01. The number of nitrogens with zero attached hydrogens (tertiary/aromatic N) is 1. The highest BCUT2D eigenvalue weighted by molar-refractivity contribution is 7.99. The van der Waals surface area contributed by atoms with E-state index in [1.54, 1.807) is 12.1 Å². The van der Waals surface area contributed by atoms with E-state index in [1.807, 2.05) is 11.8 Å². The molecule has 0 atom stereocenters. The van der Waals surface area contributed by atoms with E-state index in [4.69, 9.17) is 5.73 Å². The monoisotopic (exact) mass is 255 g/mol. The van der Waals surface area contributed by atoms with E-state index < -0.39 is 0 Å². The number of nitrogen functional groups attached to an aromatic ring is 1. The van der Waals surface area contributed by atoms with Crippen molar-refractivity contribution < 1.29 is 4.39 Å². The molecule has 1 heterocycles. The Labute approximate surface area is 106 Å². The summed E-state index contributed by atoms with van der Waals surface area (Å²) in [7, 11) is 0. The molecule has 0 saturated carbocycles. The molecule has 2 rings (SSSR count). The topological polar surface area (TPSA) is 41.3 Å². The third-order valence-corrected chi connectivity index (χ3v) is 3.82. The molecule has 1 fully saturated rings. The second-order valence-corrected chi connectivity index (χ2v) is 5.31. The highest BCUT2D eigenvalue weighted by Crippen LogP contribution is 2.21. The number of benzene rings is 1. The van der Waals surface area contributed by atoms with E-state index in [1.165, 1.54) is 17.6 Å². The molecule has 17 heavy (non-hydrogen) atoms. The molecule has 0 aliphatic carbocycles. The van der Waals surface area contributed by atoms with E-state index in [2.05, 4.69) is 10.2 Å². The second-order valence-electron chi connectivity index (χ2n) is 4.08. The third-order valence-electron chi connectivity index (χ3n) is 2.88. The predicted octanol–water partition coefficient (Wildman–Crippen LogP) is 1.87. The molecule has 3 nitrogen and oxygen atoms in total. The molecule has 0 spiro atoms. The lowest BCUT2D eigenvalue weighted by Crippen LogP contribution is -2.36. The van der Waals surface area contributed by atoms with Crippen LogP contribution >= 0.6 is 11.8 Å². The normalized spacial score (nSPS) is 17.0. The van der Waals surface area contributed by atoms with Crippen LogP contribution in [0.2, 0.25) is 0 Å². The van der Waals surface area contributed by atoms with Crippen LogP contribution in [-0.4, -0.2) is 42.6 Å². The van der Waals surface area contributed by atoms with Crippen molar-refractivity contribution in [3.8, 4) is 0 Å². The number of nitrogens with two attached hydrogens (primary N) is 1. The van der Waals surface area contributed by atoms with Gasteiger partial charge >= 0.3 is 0 Å². The summed E-state index contributed by atoms with van der Waals surface area (Å²) in [6.45, 7) is 3.92. The maximum Gasteiger partial charge on any atom is 0.148 e. The molecule has 1 aliphatic heterocycles. The van der Waals surface area contributed by atoms with Crippen molar-refractivity contribution >= 4 is 23.1 Å². The number of thioether (sulfide) groups is 1. The molecule has 0 aromatic heterocycles. The molecular formula is C12H18FN3S. The number of hydrogen-bond acceptors (Lipinski definition) is 4. The first-order chi connectivity index (χ1) is 8.27. The summed E-state index contributed by atoms with van der Waals surface area (Å²) in [6, 6.07) is 4.76. The number of nitrogens with one attached hydrogen (secondary N) is 1. The smallest absolute Gasteiger partial charge is 0.148 e. The third kappa shape index (κ3) is 3.51. The van der Waals surface area contributed by atoms with Crippen molar-refractivity contribution in [1.29, 1.82) is 0 Å². The fraction of sp³-hybridized carbons (Fsp3) is 0.500. The summed E-state index contributed by atoms with van der Waals surface area (Å²) in [5.41, 5.74) is 6.62. The highest BCUT2D eigenvalue weighted by Gasteiger charge is 2.10. The molecular weight excluding hydrogens is 237 g/mol. The van der Waals surface area contributed by atoms with Crippen molar-refractivity contribution in [1.82, 2.24) is 4.90 Å². The molecule has 1 aromatic rings. The van der Waals surface area contributed by atoms with Gasteiger partial charge in [-0.05, 0) is 12.1 Å². The van der Waals surface area contributed by atoms with Gasteiger partial charge in [-0.15, -0.1) is 0 Å². The average Bonchev–Trinajstić information content (AvgIpc) is 2.34. The van der Waals surface area contributed by atoms with Gasteiger partial charge in [-0.2, -0.15) is 11.8 Å². The van der Waals surface area contributed by atoms with Crippen LogP contribution in [0.3, 0.4) is 0 Å². The Kier molecular flexibility index (Phi) is 4.50. The van der Waals surface area contributed by atoms with Crippen molar-refractivity contribution in [3.05, 3.63) is 24.0 Å². The van der Waals surface area contributed by atoms with Gasteiger partial charge < -0.3 is 11.1 Å². The van der Waals surface area contributed by atoms with E-state index in [0.717, 1.165) is 26.2 Å². The summed E-state index contributed by atoms with van der Waals surface area (Å²) in [5, 5.41) is 3.08. The van der Waals surface area contributed by atoms with Crippen LogP contribution in [0.15, 0.2) is 18.2 Å². The van der Waals surface area contributed by atoms with Crippen LogP contribution in [0.25, 0.3) is 0 Å². The Hall–Kier alpha value is -0.940. The molecule has 0 bridgehead atoms. The molecule has 94 valence electrons. The van der Waals surface area contributed by atoms with Crippen LogP contribution in [0.4, 0.5) is 15.8 Å². The molecule has 1 aliphatic rings. The fourth-order valence-corrected chi connectivity index (χ4v) is 2.87. The quantitative estimate of drug-likeness (QED) is 0.806. The van der Waals surface area contributed by atoms with Gasteiger partial charge in [0.2, 0.25) is 0 Å². The molecule has 0 unspecified atom stereocenters. The van der Waals surface area contributed by atoms with Crippen molar-refractivity contribution in [2.24, 2.45) is 0 Å². The van der Waals surface area contributed by atoms with E-state index in [-0.39, 0.29) is 5.82 Å². The zero-order valence-corrected chi connectivity index (χ0v) is 10.6. The Bertz CT molecular complexity index is 347. The van der Waals surface area contributed by atoms with E-state index >= 15 is 0 Å². The average molecular weight is 255 g/mol. The minimum Gasteiger partial charge on any atom is -0.397 e. The fourth-order valence-electron chi connectivity index (χ4n) is 1.89. The minimum absolute atomic E-state index is 0.279. The van der Waals surface area contributed by atoms with Gasteiger partial charge in [0.25, 0.3) is 0 Å². The lowest BCUT2D eigenvalue weighted by atomic mass is 10.2. The van der Waals surface area contributed by atoms with Gasteiger partial charge in [0.15, 0.2) is 0 Å². The van der Waals surface area contributed by atoms with Gasteiger partial charge in [-0.1, -0.05) is 6.07 Å². The van der Waals surface area contributed by atoms with Gasteiger partial charge in [0.05, 0.1) is 11.4 Å². The molecule has 5 heteroatoms. The minimum atomic E-state index is -0.279. The largest absolute Gasteiger partial charge is 0.397 e. The van der Waals surface area contributed by atoms with Crippen LogP contribution in [0.1, 0.15) is 0 Å². The molecule has 1 saturated heterocycles. The lowest BCUT2D eigenvalue weighted by molar-refractivity contribution is 0.314. The van der Waals surface area contributed by atoms with Crippen LogP contribution in [-0.2, 0) is 0 Å². The number of para-hydroxylation sites is 1. The first kappa shape index (κ1) is 12.5. The lowest BCUT2D eigenvalue weighted by Gasteiger charge is -2.26. The number of hydrogen-bond donors (Lipinski definition) is 2. The Balaban J connectivity index is 1.81. The zero-order valence-electron chi connectivity index (χ0n) is 9.79. The van der Waals surface area contributed by atoms with Crippen LogP contribution < -0.4 is 11.1 Å². The maximum atomic E-state index is 13.5. The van der Waals surface area contributed by atoms with Crippen molar-refractivity contribution in [3.63, 3.8) is 0 Å². The van der Waals surface area contributed by atoms with Gasteiger partial charge in [-0.25, -0.2) is 4.39 Å². The van der Waals surface area contributed by atoms with Crippen LogP contribution in [0.5, 0.6) is 0 Å². The van der Waals surface area contributed by atoms with Crippen molar-refractivity contribution in [2.45, 2.75) is 0 Å². The molecule has 1 aromatic carbocycles. The summed E-state index contributed by atoms with van der Waals surface area (Å²) < 4.78 is 13.5. The standard InChI is InChI=1S/C12H18FN3S/c13-10-2-1-3-11(14)12(10)15-4-5-16-6-8-17-9-7-16/h1-3,15H,4-9,14H2. The maximum absolute atomic E-state index is 13.5. The summed E-state index contributed by atoms with van der Waals surface area (Å²) >= 11 is 1.99. The molecule has 0 radical (unpaired) electrons. The van der Waals surface area contributed by atoms with Crippen molar-refractivity contribution in [2.75, 3.05) is 48.7 Å². The summed E-state index contributed by atoms with van der Waals surface area (Å²) in [5.74, 6) is 2.11. The molecule has 3 N–H and O–H groups in total.